The van der Waals surface area contributed by atoms with Crippen LogP contribution in [0, 0.1) is 20.8 Å². The Bertz CT molecular complexity index is 879. The van der Waals surface area contributed by atoms with E-state index in [0.717, 1.165) is 17.5 Å². The van der Waals surface area contributed by atoms with Crippen LogP contribution < -0.4 is 5.32 Å². The Morgan fingerprint density at radius 2 is 1.76 bits per heavy atom. The maximum absolute atomic E-state index is 12.4. The minimum absolute atomic E-state index is 0.201. The van der Waals surface area contributed by atoms with Crippen molar-refractivity contribution in [2.24, 2.45) is 0 Å². The fourth-order valence-corrected chi connectivity index (χ4v) is 2.69. The van der Waals surface area contributed by atoms with Crippen molar-refractivity contribution in [2.45, 2.75) is 27.2 Å². The molecule has 0 atom stereocenters. The quantitative estimate of drug-likeness (QED) is 0.759. The number of carbonyl (C=O) groups is 1. The van der Waals surface area contributed by atoms with E-state index >= 15 is 0 Å². The lowest BCUT2D eigenvalue weighted by Gasteiger charge is -2.04. The third kappa shape index (κ3) is 3.97. The van der Waals surface area contributed by atoms with Crippen LogP contribution in [0.5, 0.6) is 0 Å². The number of nitrogens with zero attached hydrogens (tertiary/aromatic N) is 1. The van der Waals surface area contributed by atoms with Gasteiger partial charge in [-0.2, -0.15) is 0 Å². The number of carbonyl (C=O) groups excluding carboxylic acids is 1. The van der Waals surface area contributed by atoms with Crippen LogP contribution in [0.25, 0.3) is 11.5 Å². The van der Waals surface area contributed by atoms with Gasteiger partial charge in [-0.1, -0.05) is 48.0 Å². The Kier molecular flexibility index (Phi) is 4.98. The number of amides is 1. The second kappa shape index (κ2) is 7.34. The molecule has 1 amide bonds. The standard InChI is InChI=1S/C21H22N2O2/c1-14-8-10-17(11-9-14)12-13-22-20(24)19-16(3)25-21(23-19)18-7-5-4-6-15(18)2/h4-11H,12-13H2,1-3H3,(H,22,24). The first kappa shape index (κ1) is 17.0. The summed E-state index contributed by atoms with van der Waals surface area (Å²) in [6.45, 7) is 6.39. The van der Waals surface area contributed by atoms with Gasteiger partial charge in [-0.25, -0.2) is 4.98 Å². The first-order chi connectivity index (χ1) is 12.0. The fraction of sp³-hybridized carbons (Fsp3) is 0.238. The summed E-state index contributed by atoms with van der Waals surface area (Å²) in [5, 5.41) is 2.92. The van der Waals surface area contributed by atoms with Gasteiger partial charge in [0.05, 0.1) is 0 Å². The molecule has 0 aliphatic rings. The first-order valence-electron chi connectivity index (χ1n) is 8.42. The van der Waals surface area contributed by atoms with Crippen molar-refractivity contribution in [2.75, 3.05) is 6.54 Å². The van der Waals surface area contributed by atoms with Crippen LogP contribution in [0.15, 0.2) is 52.9 Å². The molecule has 0 spiro atoms. The number of benzene rings is 2. The largest absolute Gasteiger partial charge is 0.441 e. The number of hydrogen-bond donors (Lipinski definition) is 1. The molecule has 0 aliphatic heterocycles. The summed E-state index contributed by atoms with van der Waals surface area (Å²) in [7, 11) is 0. The molecule has 0 fully saturated rings. The molecule has 0 saturated carbocycles. The maximum atomic E-state index is 12.4. The number of aromatic nitrogens is 1. The Balaban J connectivity index is 1.66. The summed E-state index contributed by atoms with van der Waals surface area (Å²) in [6, 6.07) is 16.2. The van der Waals surface area contributed by atoms with E-state index in [1.165, 1.54) is 11.1 Å². The van der Waals surface area contributed by atoms with Crippen LogP contribution in [0.3, 0.4) is 0 Å². The predicted molar refractivity (Wildman–Crippen MR) is 98.6 cm³/mol. The Labute approximate surface area is 147 Å². The SMILES string of the molecule is Cc1ccc(CCNC(=O)c2nc(-c3ccccc3C)oc2C)cc1. The highest BCUT2D eigenvalue weighted by Gasteiger charge is 2.18. The van der Waals surface area contributed by atoms with E-state index in [0.29, 0.717) is 23.9 Å². The second-order valence-electron chi connectivity index (χ2n) is 6.23. The lowest BCUT2D eigenvalue weighted by Crippen LogP contribution is -2.26. The highest BCUT2D eigenvalue weighted by atomic mass is 16.4. The fourth-order valence-electron chi connectivity index (χ4n) is 2.69. The number of oxazole rings is 1. The van der Waals surface area contributed by atoms with Gasteiger partial charge in [0.25, 0.3) is 5.91 Å². The molecule has 0 bridgehead atoms. The number of nitrogens with one attached hydrogen (secondary N) is 1. The summed E-state index contributed by atoms with van der Waals surface area (Å²) >= 11 is 0. The van der Waals surface area contributed by atoms with Gasteiger partial charge in [0.15, 0.2) is 5.69 Å². The van der Waals surface area contributed by atoms with E-state index in [2.05, 4.69) is 41.5 Å². The van der Waals surface area contributed by atoms with Gasteiger partial charge in [-0.05, 0) is 44.4 Å². The van der Waals surface area contributed by atoms with Crippen LogP contribution in [0.1, 0.15) is 32.9 Å². The lowest BCUT2D eigenvalue weighted by atomic mass is 10.1. The summed E-state index contributed by atoms with van der Waals surface area (Å²) in [4.78, 5) is 16.8. The van der Waals surface area contributed by atoms with E-state index in [4.69, 9.17) is 4.42 Å². The van der Waals surface area contributed by atoms with Crippen molar-refractivity contribution >= 4 is 5.91 Å². The van der Waals surface area contributed by atoms with Crippen molar-refractivity contribution in [1.29, 1.82) is 0 Å². The highest BCUT2D eigenvalue weighted by Crippen LogP contribution is 2.24. The maximum Gasteiger partial charge on any atom is 0.273 e. The van der Waals surface area contributed by atoms with Crippen molar-refractivity contribution in [3.8, 4) is 11.5 Å². The Morgan fingerprint density at radius 3 is 2.48 bits per heavy atom. The van der Waals surface area contributed by atoms with Gasteiger partial charge in [0.2, 0.25) is 5.89 Å². The molecule has 0 unspecified atom stereocenters. The van der Waals surface area contributed by atoms with Crippen molar-refractivity contribution < 1.29 is 9.21 Å². The summed E-state index contributed by atoms with van der Waals surface area (Å²) < 4.78 is 5.71. The van der Waals surface area contributed by atoms with Crippen molar-refractivity contribution in [3.05, 3.63) is 76.7 Å². The molecule has 4 nitrogen and oxygen atoms in total. The molecule has 3 aromatic rings. The Morgan fingerprint density at radius 1 is 1.04 bits per heavy atom. The smallest absolute Gasteiger partial charge is 0.273 e. The minimum Gasteiger partial charge on any atom is -0.441 e. The van der Waals surface area contributed by atoms with Gasteiger partial charge in [-0.3, -0.25) is 4.79 Å². The summed E-state index contributed by atoms with van der Waals surface area (Å²) in [5.74, 6) is 0.818. The third-order valence-electron chi connectivity index (χ3n) is 4.21. The van der Waals surface area contributed by atoms with Crippen LogP contribution in [-0.4, -0.2) is 17.4 Å². The van der Waals surface area contributed by atoms with Crippen LogP contribution in [0.2, 0.25) is 0 Å². The first-order valence-corrected chi connectivity index (χ1v) is 8.42. The zero-order valence-electron chi connectivity index (χ0n) is 14.8. The molecule has 1 heterocycles. The van der Waals surface area contributed by atoms with E-state index in [9.17, 15) is 4.79 Å². The molecule has 0 saturated heterocycles. The monoisotopic (exact) mass is 334 g/mol. The zero-order valence-corrected chi connectivity index (χ0v) is 14.8. The number of hydrogen-bond acceptors (Lipinski definition) is 3. The van der Waals surface area contributed by atoms with Crippen LogP contribution in [0.4, 0.5) is 0 Å². The van der Waals surface area contributed by atoms with Crippen molar-refractivity contribution in [1.82, 2.24) is 10.3 Å². The van der Waals surface area contributed by atoms with Crippen LogP contribution in [-0.2, 0) is 6.42 Å². The molecule has 3 rings (SSSR count). The number of aryl methyl sites for hydroxylation is 3. The van der Waals surface area contributed by atoms with E-state index in [1.54, 1.807) is 6.92 Å². The van der Waals surface area contributed by atoms with E-state index < -0.39 is 0 Å². The molecular formula is C21H22N2O2. The normalized spacial score (nSPS) is 10.7. The Hall–Kier alpha value is -2.88. The number of rotatable bonds is 5. The summed E-state index contributed by atoms with van der Waals surface area (Å²) in [5.41, 5.74) is 4.75. The van der Waals surface area contributed by atoms with Gasteiger partial charge in [-0.15, -0.1) is 0 Å². The molecule has 1 N–H and O–H groups in total. The molecule has 128 valence electrons. The topological polar surface area (TPSA) is 55.1 Å². The minimum atomic E-state index is -0.201. The van der Waals surface area contributed by atoms with Gasteiger partial charge >= 0.3 is 0 Å². The second-order valence-corrected chi connectivity index (χ2v) is 6.23. The van der Waals surface area contributed by atoms with Gasteiger partial charge in [0, 0.05) is 12.1 Å². The van der Waals surface area contributed by atoms with Crippen molar-refractivity contribution in [3.63, 3.8) is 0 Å². The average molecular weight is 334 g/mol. The third-order valence-corrected chi connectivity index (χ3v) is 4.21. The molecule has 0 aliphatic carbocycles. The van der Waals surface area contributed by atoms with E-state index in [-0.39, 0.29) is 5.91 Å². The molecule has 25 heavy (non-hydrogen) atoms. The molecular weight excluding hydrogens is 312 g/mol. The summed E-state index contributed by atoms with van der Waals surface area (Å²) in [6.07, 6.45) is 0.785. The van der Waals surface area contributed by atoms with Gasteiger partial charge < -0.3 is 9.73 Å². The zero-order chi connectivity index (χ0) is 17.8. The van der Waals surface area contributed by atoms with Crippen LogP contribution >= 0.6 is 0 Å². The highest BCUT2D eigenvalue weighted by molar-refractivity contribution is 5.93. The average Bonchev–Trinajstić information content (AvgIpc) is 2.98. The lowest BCUT2D eigenvalue weighted by molar-refractivity contribution is 0.0948. The predicted octanol–water partition coefficient (Wildman–Crippen LogP) is 4.24. The molecule has 1 aromatic heterocycles. The molecule has 2 aromatic carbocycles. The molecule has 0 radical (unpaired) electrons. The van der Waals surface area contributed by atoms with Gasteiger partial charge in [0.1, 0.15) is 5.76 Å². The molecule has 4 heteroatoms. The van der Waals surface area contributed by atoms with E-state index in [1.807, 2.05) is 31.2 Å².